The zero-order valence-electron chi connectivity index (χ0n) is 10.9. The zero-order chi connectivity index (χ0) is 13.4. The van der Waals surface area contributed by atoms with Crippen LogP contribution in [0.1, 0.15) is 31.7 Å². The van der Waals surface area contributed by atoms with E-state index in [9.17, 15) is 4.79 Å². The Labute approximate surface area is 108 Å². The Morgan fingerprint density at radius 3 is 2.61 bits per heavy atom. The Balaban J connectivity index is 2.22. The summed E-state index contributed by atoms with van der Waals surface area (Å²) in [5, 5.41) is 12.0. The molecule has 0 aliphatic heterocycles. The van der Waals surface area contributed by atoms with E-state index in [0.29, 0.717) is 25.4 Å². The Bertz CT molecular complexity index is 363. The molecule has 1 unspecified atom stereocenters. The molecule has 0 bridgehead atoms. The van der Waals surface area contributed by atoms with Crippen molar-refractivity contribution in [1.29, 1.82) is 0 Å². The number of nitrogens with two attached hydrogens (primary N) is 1. The second kappa shape index (κ2) is 7.71. The van der Waals surface area contributed by atoms with Crippen LogP contribution in [0, 0.1) is 5.92 Å². The lowest BCUT2D eigenvalue weighted by molar-refractivity contribution is -0.121. The summed E-state index contributed by atoms with van der Waals surface area (Å²) in [6, 6.07) is 6.83. The molecule has 1 amide bonds. The Kier molecular flexibility index (Phi) is 6.22. The minimum absolute atomic E-state index is 0.0620. The van der Waals surface area contributed by atoms with Crippen LogP contribution in [0.25, 0.3) is 0 Å². The topological polar surface area (TPSA) is 75.4 Å². The van der Waals surface area contributed by atoms with Crippen LogP contribution in [0.5, 0.6) is 5.75 Å². The number of amides is 1. The second-order valence-electron chi connectivity index (χ2n) is 4.66. The van der Waals surface area contributed by atoms with Gasteiger partial charge in [-0.2, -0.15) is 0 Å². The fourth-order valence-corrected chi connectivity index (χ4v) is 1.71. The van der Waals surface area contributed by atoms with Gasteiger partial charge in [0, 0.05) is 13.0 Å². The van der Waals surface area contributed by atoms with Crippen LogP contribution in [0.3, 0.4) is 0 Å². The lowest BCUT2D eigenvalue weighted by Gasteiger charge is -2.10. The van der Waals surface area contributed by atoms with Crippen LogP contribution >= 0.6 is 0 Å². The minimum Gasteiger partial charge on any atom is -0.508 e. The van der Waals surface area contributed by atoms with Crippen molar-refractivity contribution in [1.82, 2.24) is 5.32 Å². The molecule has 0 fully saturated rings. The van der Waals surface area contributed by atoms with Crippen LogP contribution in [0.2, 0.25) is 0 Å². The quantitative estimate of drug-likeness (QED) is 0.690. The molecule has 4 heteroatoms. The van der Waals surface area contributed by atoms with Gasteiger partial charge in [-0.05, 0) is 43.0 Å². The summed E-state index contributed by atoms with van der Waals surface area (Å²) < 4.78 is 0. The van der Waals surface area contributed by atoms with E-state index in [1.165, 1.54) is 0 Å². The lowest BCUT2D eigenvalue weighted by Crippen LogP contribution is -2.23. The smallest absolute Gasteiger partial charge is 0.220 e. The van der Waals surface area contributed by atoms with Crippen LogP contribution in [0.4, 0.5) is 0 Å². The third kappa shape index (κ3) is 5.68. The number of hydrogen-bond acceptors (Lipinski definition) is 3. The van der Waals surface area contributed by atoms with E-state index in [0.717, 1.165) is 18.4 Å². The van der Waals surface area contributed by atoms with Gasteiger partial charge >= 0.3 is 0 Å². The van der Waals surface area contributed by atoms with Gasteiger partial charge in [-0.15, -0.1) is 0 Å². The highest BCUT2D eigenvalue weighted by Crippen LogP contribution is 2.10. The fraction of sp³-hybridized carbons (Fsp3) is 0.500. The maximum absolute atomic E-state index is 11.6. The van der Waals surface area contributed by atoms with Gasteiger partial charge in [-0.3, -0.25) is 4.79 Å². The van der Waals surface area contributed by atoms with E-state index >= 15 is 0 Å². The number of benzene rings is 1. The number of phenols is 1. The van der Waals surface area contributed by atoms with E-state index in [-0.39, 0.29) is 11.7 Å². The van der Waals surface area contributed by atoms with Crippen molar-refractivity contribution in [2.24, 2.45) is 11.7 Å². The van der Waals surface area contributed by atoms with Crippen molar-refractivity contribution < 1.29 is 9.90 Å². The summed E-state index contributed by atoms with van der Waals surface area (Å²) in [5.41, 5.74) is 6.44. The number of phenolic OH excluding ortho intramolecular Hbond substituents is 1. The minimum atomic E-state index is 0.0620. The number of aromatic hydroxyl groups is 1. The fourth-order valence-electron chi connectivity index (χ4n) is 1.71. The summed E-state index contributed by atoms with van der Waals surface area (Å²) in [7, 11) is 0. The Hall–Kier alpha value is -1.55. The van der Waals surface area contributed by atoms with Crippen LogP contribution in [0.15, 0.2) is 24.3 Å². The van der Waals surface area contributed by atoms with Crippen molar-refractivity contribution in [2.75, 3.05) is 6.54 Å². The molecule has 4 N–H and O–H groups in total. The van der Waals surface area contributed by atoms with Crippen molar-refractivity contribution >= 4 is 5.91 Å². The SMILES string of the molecule is CC(CCN)CCC(=O)NCc1ccc(O)cc1. The molecule has 4 nitrogen and oxygen atoms in total. The maximum atomic E-state index is 11.6. The number of rotatable bonds is 7. The first kappa shape index (κ1) is 14.5. The monoisotopic (exact) mass is 250 g/mol. The van der Waals surface area contributed by atoms with Gasteiger partial charge in [0.15, 0.2) is 0 Å². The van der Waals surface area contributed by atoms with E-state index < -0.39 is 0 Å². The second-order valence-corrected chi connectivity index (χ2v) is 4.66. The average molecular weight is 250 g/mol. The van der Waals surface area contributed by atoms with Gasteiger partial charge in [0.2, 0.25) is 5.91 Å². The molecule has 100 valence electrons. The summed E-state index contributed by atoms with van der Waals surface area (Å²) in [5.74, 6) is 0.794. The van der Waals surface area contributed by atoms with Gasteiger partial charge in [0.25, 0.3) is 0 Å². The molecule has 0 spiro atoms. The molecule has 1 aromatic carbocycles. The van der Waals surface area contributed by atoms with E-state index in [2.05, 4.69) is 12.2 Å². The average Bonchev–Trinajstić information content (AvgIpc) is 2.36. The molecule has 18 heavy (non-hydrogen) atoms. The van der Waals surface area contributed by atoms with Gasteiger partial charge in [-0.1, -0.05) is 19.1 Å². The highest BCUT2D eigenvalue weighted by molar-refractivity contribution is 5.75. The van der Waals surface area contributed by atoms with Gasteiger partial charge in [-0.25, -0.2) is 0 Å². The molecule has 1 aromatic rings. The predicted molar refractivity (Wildman–Crippen MR) is 72.0 cm³/mol. The largest absolute Gasteiger partial charge is 0.508 e. The van der Waals surface area contributed by atoms with Crippen LogP contribution < -0.4 is 11.1 Å². The van der Waals surface area contributed by atoms with Crippen molar-refractivity contribution in [3.05, 3.63) is 29.8 Å². The molecule has 0 aliphatic carbocycles. The van der Waals surface area contributed by atoms with Gasteiger partial charge in [0.05, 0.1) is 0 Å². The van der Waals surface area contributed by atoms with Gasteiger partial charge < -0.3 is 16.2 Å². The first-order valence-electron chi connectivity index (χ1n) is 6.36. The van der Waals surface area contributed by atoms with E-state index in [1.807, 2.05) is 0 Å². The number of hydrogen-bond donors (Lipinski definition) is 3. The summed E-state index contributed by atoms with van der Waals surface area (Å²) in [4.78, 5) is 11.6. The van der Waals surface area contributed by atoms with Crippen LogP contribution in [-0.4, -0.2) is 17.6 Å². The highest BCUT2D eigenvalue weighted by atomic mass is 16.3. The molecular formula is C14H22N2O2. The standard InChI is InChI=1S/C14H22N2O2/c1-11(8-9-15)2-7-14(18)16-10-12-3-5-13(17)6-4-12/h3-6,11,17H,2,7-10,15H2,1H3,(H,16,18). The first-order chi connectivity index (χ1) is 8.61. The number of carbonyl (C=O) groups excluding carboxylic acids is 1. The predicted octanol–water partition coefficient (Wildman–Crippen LogP) is 1.77. The van der Waals surface area contributed by atoms with E-state index in [4.69, 9.17) is 10.8 Å². The zero-order valence-corrected chi connectivity index (χ0v) is 10.9. The first-order valence-corrected chi connectivity index (χ1v) is 6.36. The molecule has 0 aliphatic rings. The van der Waals surface area contributed by atoms with E-state index in [1.54, 1.807) is 24.3 Å². The summed E-state index contributed by atoms with van der Waals surface area (Å²) in [6.07, 6.45) is 2.38. The Morgan fingerprint density at radius 2 is 2.00 bits per heavy atom. The normalized spacial score (nSPS) is 12.1. The molecule has 0 saturated carbocycles. The molecule has 1 rings (SSSR count). The lowest BCUT2D eigenvalue weighted by atomic mass is 10.0. The molecule has 0 saturated heterocycles. The van der Waals surface area contributed by atoms with Gasteiger partial charge in [0.1, 0.15) is 5.75 Å². The number of carbonyl (C=O) groups is 1. The summed E-state index contributed by atoms with van der Waals surface area (Å²) >= 11 is 0. The molecule has 0 heterocycles. The van der Waals surface area contributed by atoms with Crippen molar-refractivity contribution in [2.45, 2.75) is 32.7 Å². The number of nitrogens with one attached hydrogen (secondary N) is 1. The third-order valence-electron chi connectivity index (χ3n) is 2.95. The van der Waals surface area contributed by atoms with Crippen molar-refractivity contribution in [3.63, 3.8) is 0 Å². The molecule has 0 aromatic heterocycles. The van der Waals surface area contributed by atoms with Crippen molar-refractivity contribution in [3.8, 4) is 5.75 Å². The maximum Gasteiger partial charge on any atom is 0.220 e. The molecule has 0 radical (unpaired) electrons. The molecular weight excluding hydrogens is 228 g/mol. The third-order valence-corrected chi connectivity index (χ3v) is 2.95. The van der Waals surface area contributed by atoms with Crippen LogP contribution in [-0.2, 0) is 11.3 Å². The highest BCUT2D eigenvalue weighted by Gasteiger charge is 2.06. The Morgan fingerprint density at radius 1 is 1.33 bits per heavy atom. The molecule has 1 atom stereocenters. The summed E-state index contributed by atoms with van der Waals surface area (Å²) in [6.45, 7) is 3.29.